The quantitative estimate of drug-likeness (QED) is 0.352. The normalized spacial score (nSPS) is 10.3. The van der Waals surface area contributed by atoms with Crippen molar-refractivity contribution < 1.29 is 18.7 Å². The molecule has 0 fully saturated rings. The van der Waals surface area contributed by atoms with E-state index in [1.165, 1.54) is 36.1 Å². The van der Waals surface area contributed by atoms with E-state index in [2.05, 4.69) is 15.5 Å². The zero-order valence-electron chi connectivity index (χ0n) is 11.7. The lowest BCUT2D eigenvalue weighted by Gasteiger charge is -2.02. The van der Waals surface area contributed by atoms with Crippen LogP contribution in [0.25, 0.3) is 0 Å². The van der Waals surface area contributed by atoms with Crippen LogP contribution in [0.4, 0.5) is 5.13 Å². The molecule has 0 atom stereocenters. The van der Waals surface area contributed by atoms with Crippen molar-refractivity contribution in [3.8, 4) is 5.75 Å². The first-order chi connectivity index (χ1) is 11.0. The number of hydrogen-bond acceptors (Lipinski definition) is 9. The molecule has 0 saturated heterocycles. The highest BCUT2D eigenvalue weighted by molar-refractivity contribution is 8.00. The summed E-state index contributed by atoms with van der Waals surface area (Å²) in [4.78, 5) is 33.7. The molecule has 122 valence electrons. The van der Waals surface area contributed by atoms with E-state index in [1.54, 1.807) is 0 Å². The maximum Gasteiger partial charge on any atom is 0.326 e. The number of thioether (sulfide) groups is 1. The Kier molecular flexibility index (Phi) is 6.13. The van der Waals surface area contributed by atoms with Crippen LogP contribution in [-0.2, 0) is 15.3 Å². The molecule has 0 aromatic carbocycles. The minimum atomic E-state index is -0.736. The Morgan fingerprint density at radius 3 is 2.91 bits per heavy atom. The van der Waals surface area contributed by atoms with E-state index in [4.69, 9.17) is 20.8 Å². The highest BCUT2D eigenvalue weighted by Crippen LogP contribution is 2.28. The topological polar surface area (TPSA) is 111 Å². The van der Waals surface area contributed by atoms with Gasteiger partial charge < -0.3 is 14.5 Å². The summed E-state index contributed by atoms with van der Waals surface area (Å²) in [5.74, 6) is -0.834. The first-order valence-corrected chi connectivity index (χ1v) is 8.44. The fraction of sp³-hybridized carbons (Fsp3) is 0.250. The van der Waals surface area contributed by atoms with Crippen molar-refractivity contribution in [2.24, 2.45) is 0 Å². The average molecular weight is 376 g/mol. The second-order valence-electron chi connectivity index (χ2n) is 4.03. The minimum absolute atomic E-state index is 0.215. The van der Waals surface area contributed by atoms with Crippen molar-refractivity contribution in [2.45, 2.75) is 17.0 Å². The van der Waals surface area contributed by atoms with Crippen molar-refractivity contribution in [3.63, 3.8) is 0 Å². The van der Waals surface area contributed by atoms with Crippen LogP contribution < -0.4 is 15.5 Å². The molecule has 2 rings (SSSR count). The van der Waals surface area contributed by atoms with Gasteiger partial charge in [0.1, 0.15) is 17.9 Å². The van der Waals surface area contributed by atoms with E-state index >= 15 is 0 Å². The van der Waals surface area contributed by atoms with Gasteiger partial charge in [0.05, 0.1) is 5.75 Å². The van der Waals surface area contributed by atoms with Gasteiger partial charge in [-0.2, -0.15) is 0 Å². The van der Waals surface area contributed by atoms with Crippen LogP contribution in [0.15, 0.2) is 25.9 Å². The molecule has 23 heavy (non-hydrogen) atoms. The smallest absolute Gasteiger partial charge is 0.326 e. The number of carbonyl (C=O) groups is 2. The molecule has 0 unspecified atom stereocenters. The van der Waals surface area contributed by atoms with Gasteiger partial charge in [0.2, 0.25) is 22.2 Å². The van der Waals surface area contributed by atoms with Gasteiger partial charge in [-0.05, 0) is 0 Å². The number of halogens is 1. The Morgan fingerprint density at radius 2 is 2.26 bits per heavy atom. The second-order valence-corrected chi connectivity index (χ2v) is 6.49. The molecule has 2 aromatic rings. The van der Waals surface area contributed by atoms with E-state index in [0.717, 1.165) is 6.26 Å². The Morgan fingerprint density at radius 1 is 1.48 bits per heavy atom. The van der Waals surface area contributed by atoms with Gasteiger partial charge in [-0.1, -0.05) is 23.1 Å². The Bertz CT molecular complexity index is 776. The van der Waals surface area contributed by atoms with Crippen molar-refractivity contribution in [3.05, 3.63) is 28.3 Å². The van der Waals surface area contributed by atoms with Gasteiger partial charge in [0, 0.05) is 13.0 Å². The second kappa shape index (κ2) is 8.09. The monoisotopic (exact) mass is 375 g/mol. The summed E-state index contributed by atoms with van der Waals surface area (Å²) in [5, 5.41) is 10.6. The molecule has 8 nitrogen and oxygen atoms in total. The standard InChI is InChI=1S/C12H10ClN3O5S2/c1-6(17)14-11-15-16-12(23-11)22-5-7-2-8(18)9(4-20-7)21-10(19)3-13/h2,4H,3,5H2,1H3,(H,14,15,17). The van der Waals surface area contributed by atoms with Crippen LogP contribution in [0.5, 0.6) is 5.75 Å². The fourth-order valence-electron chi connectivity index (χ4n) is 1.34. The Labute approximate surface area is 143 Å². The third-order valence-corrected chi connectivity index (χ3v) is 4.43. The summed E-state index contributed by atoms with van der Waals surface area (Å²) < 4.78 is 10.5. The molecular weight excluding hydrogens is 366 g/mol. The lowest BCUT2D eigenvalue weighted by molar-refractivity contribution is -0.131. The molecule has 1 N–H and O–H groups in total. The first kappa shape index (κ1) is 17.4. The molecule has 0 spiro atoms. The molecule has 1 amide bonds. The molecule has 0 bridgehead atoms. The number of anilines is 1. The molecule has 0 radical (unpaired) electrons. The number of hydrogen-bond donors (Lipinski definition) is 1. The van der Waals surface area contributed by atoms with E-state index < -0.39 is 11.4 Å². The predicted molar refractivity (Wildman–Crippen MR) is 85.1 cm³/mol. The van der Waals surface area contributed by atoms with Crippen LogP contribution >= 0.6 is 34.7 Å². The van der Waals surface area contributed by atoms with E-state index in [0.29, 0.717) is 21.0 Å². The Balaban J connectivity index is 1.97. The third kappa shape index (κ3) is 5.34. The third-order valence-electron chi connectivity index (χ3n) is 2.21. The summed E-state index contributed by atoms with van der Waals surface area (Å²) in [5.41, 5.74) is -0.485. The summed E-state index contributed by atoms with van der Waals surface area (Å²) in [6, 6.07) is 1.22. The van der Waals surface area contributed by atoms with Crippen LogP contribution in [0.2, 0.25) is 0 Å². The molecule has 0 aliphatic rings. The molecule has 0 aliphatic heterocycles. The predicted octanol–water partition coefficient (Wildman–Crippen LogP) is 1.89. The summed E-state index contributed by atoms with van der Waals surface area (Å²) in [7, 11) is 0. The molecule has 0 aliphatic carbocycles. The van der Waals surface area contributed by atoms with Gasteiger partial charge in [-0.25, -0.2) is 0 Å². The highest BCUT2D eigenvalue weighted by atomic mass is 35.5. The number of rotatable bonds is 6. The summed E-state index contributed by atoms with van der Waals surface area (Å²) in [6.07, 6.45) is 1.06. The van der Waals surface area contributed by atoms with Gasteiger partial charge in [0.15, 0.2) is 4.34 Å². The van der Waals surface area contributed by atoms with Crippen LogP contribution in [0.1, 0.15) is 12.7 Å². The van der Waals surface area contributed by atoms with E-state index in [1.807, 2.05) is 0 Å². The maximum absolute atomic E-state index is 11.8. The first-order valence-electron chi connectivity index (χ1n) is 6.10. The lowest BCUT2D eigenvalue weighted by atomic mass is 10.4. The minimum Gasteiger partial charge on any atom is -0.464 e. The largest absolute Gasteiger partial charge is 0.464 e. The van der Waals surface area contributed by atoms with Crippen molar-refractivity contribution in [2.75, 3.05) is 11.2 Å². The van der Waals surface area contributed by atoms with E-state index in [-0.39, 0.29) is 17.5 Å². The number of alkyl halides is 1. The number of ether oxygens (including phenoxy) is 1. The van der Waals surface area contributed by atoms with Gasteiger partial charge in [-0.3, -0.25) is 14.4 Å². The fourth-order valence-corrected chi connectivity index (χ4v) is 3.08. The SMILES string of the molecule is CC(=O)Nc1nnc(SCc2cc(=O)c(OC(=O)CCl)co2)s1. The number of aromatic nitrogens is 2. The highest BCUT2D eigenvalue weighted by Gasteiger charge is 2.11. The van der Waals surface area contributed by atoms with Gasteiger partial charge in [-0.15, -0.1) is 21.8 Å². The molecular formula is C12H10ClN3O5S2. The van der Waals surface area contributed by atoms with Crippen LogP contribution in [0.3, 0.4) is 0 Å². The number of nitrogens with zero attached hydrogens (tertiary/aromatic N) is 2. The van der Waals surface area contributed by atoms with Crippen LogP contribution in [0, 0.1) is 0 Å². The van der Waals surface area contributed by atoms with Crippen LogP contribution in [-0.4, -0.2) is 28.0 Å². The molecule has 2 heterocycles. The lowest BCUT2D eigenvalue weighted by Crippen LogP contribution is -2.15. The number of carbonyl (C=O) groups excluding carboxylic acids is 2. The number of nitrogens with one attached hydrogen (secondary N) is 1. The number of amides is 1. The zero-order valence-corrected chi connectivity index (χ0v) is 14.1. The molecule has 0 saturated carbocycles. The summed E-state index contributed by atoms with van der Waals surface area (Å²) in [6.45, 7) is 1.38. The average Bonchev–Trinajstić information content (AvgIpc) is 2.94. The molecule has 11 heteroatoms. The van der Waals surface area contributed by atoms with Gasteiger partial charge in [0.25, 0.3) is 0 Å². The van der Waals surface area contributed by atoms with Gasteiger partial charge >= 0.3 is 5.97 Å². The van der Waals surface area contributed by atoms with Crippen molar-refractivity contribution in [1.82, 2.24) is 10.2 Å². The Hall–Kier alpha value is -1.91. The zero-order chi connectivity index (χ0) is 16.8. The molecule has 2 aromatic heterocycles. The van der Waals surface area contributed by atoms with Crippen molar-refractivity contribution in [1.29, 1.82) is 0 Å². The number of esters is 1. The summed E-state index contributed by atoms with van der Waals surface area (Å²) >= 11 is 7.78. The van der Waals surface area contributed by atoms with E-state index in [9.17, 15) is 14.4 Å². The van der Waals surface area contributed by atoms with Crippen molar-refractivity contribution >= 4 is 51.7 Å². The maximum atomic E-state index is 11.8.